The third kappa shape index (κ3) is 4.49. The third-order valence-electron chi connectivity index (χ3n) is 4.48. The SMILES string of the molecule is CCCC(CCC)C(=O)N[C@@H]1CC(=O)N(c2cccc(OC)c2)C1. The molecule has 1 aromatic rings. The van der Waals surface area contributed by atoms with E-state index in [1.807, 2.05) is 24.3 Å². The Labute approximate surface area is 144 Å². The zero-order valence-electron chi connectivity index (χ0n) is 14.9. The number of ether oxygens (including phenoxy) is 1. The van der Waals surface area contributed by atoms with Crippen molar-refractivity contribution in [3.8, 4) is 5.75 Å². The molecule has 132 valence electrons. The molecule has 1 heterocycles. The molecule has 2 rings (SSSR count). The Morgan fingerprint density at radius 2 is 2.04 bits per heavy atom. The summed E-state index contributed by atoms with van der Waals surface area (Å²) in [4.78, 5) is 26.5. The molecule has 1 N–H and O–H groups in total. The van der Waals surface area contributed by atoms with E-state index in [0.29, 0.717) is 13.0 Å². The van der Waals surface area contributed by atoms with Crippen molar-refractivity contribution in [2.45, 2.75) is 52.0 Å². The van der Waals surface area contributed by atoms with Crippen LogP contribution in [-0.2, 0) is 9.59 Å². The van der Waals surface area contributed by atoms with Crippen molar-refractivity contribution in [2.24, 2.45) is 5.92 Å². The van der Waals surface area contributed by atoms with Crippen LogP contribution >= 0.6 is 0 Å². The van der Waals surface area contributed by atoms with Gasteiger partial charge in [0.15, 0.2) is 0 Å². The first-order valence-electron chi connectivity index (χ1n) is 8.83. The Bertz CT molecular complexity index is 567. The molecule has 1 saturated heterocycles. The number of nitrogens with zero attached hydrogens (tertiary/aromatic N) is 1. The molecule has 1 aliphatic heterocycles. The van der Waals surface area contributed by atoms with E-state index < -0.39 is 0 Å². The molecule has 5 nitrogen and oxygen atoms in total. The van der Waals surface area contributed by atoms with E-state index in [9.17, 15) is 9.59 Å². The maximum Gasteiger partial charge on any atom is 0.229 e. The summed E-state index contributed by atoms with van der Waals surface area (Å²) >= 11 is 0. The van der Waals surface area contributed by atoms with Gasteiger partial charge in [0, 0.05) is 30.6 Å². The van der Waals surface area contributed by atoms with Crippen molar-refractivity contribution in [1.29, 1.82) is 0 Å². The van der Waals surface area contributed by atoms with Crippen molar-refractivity contribution in [2.75, 3.05) is 18.6 Å². The van der Waals surface area contributed by atoms with Crippen molar-refractivity contribution in [3.63, 3.8) is 0 Å². The van der Waals surface area contributed by atoms with Gasteiger partial charge in [0.1, 0.15) is 5.75 Å². The van der Waals surface area contributed by atoms with E-state index in [1.165, 1.54) is 0 Å². The largest absolute Gasteiger partial charge is 0.497 e. The monoisotopic (exact) mass is 332 g/mol. The van der Waals surface area contributed by atoms with Gasteiger partial charge in [0.25, 0.3) is 0 Å². The van der Waals surface area contributed by atoms with E-state index in [4.69, 9.17) is 4.74 Å². The first-order valence-corrected chi connectivity index (χ1v) is 8.83. The smallest absolute Gasteiger partial charge is 0.229 e. The summed E-state index contributed by atoms with van der Waals surface area (Å²) in [7, 11) is 1.61. The maximum atomic E-state index is 12.5. The van der Waals surface area contributed by atoms with Crippen molar-refractivity contribution < 1.29 is 14.3 Å². The van der Waals surface area contributed by atoms with Crippen LogP contribution in [0.5, 0.6) is 5.75 Å². The zero-order chi connectivity index (χ0) is 17.5. The minimum atomic E-state index is -0.118. The fraction of sp³-hybridized carbons (Fsp3) is 0.579. The highest BCUT2D eigenvalue weighted by molar-refractivity contribution is 5.97. The molecule has 0 spiro atoms. The summed E-state index contributed by atoms with van der Waals surface area (Å²) in [6, 6.07) is 7.34. The van der Waals surface area contributed by atoms with Gasteiger partial charge in [0.2, 0.25) is 11.8 Å². The van der Waals surface area contributed by atoms with E-state index in [1.54, 1.807) is 12.0 Å². The van der Waals surface area contributed by atoms with E-state index >= 15 is 0 Å². The lowest BCUT2D eigenvalue weighted by atomic mass is 9.97. The summed E-state index contributed by atoms with van der Waals surface area (Å²) in [5.74, 6) is 0.903. The molecule has 0 aromatic heterocycles. The van der Waals surface area contributed by atoms with Crippen LogP contribution in [0.4, 0.5) is 5.69 Å². The molecule has 2 amide bonds. The summed E-state index contributed by atoms with van der Waals surface area (Å²) in [5.41, 5.74) is 0.815. The van der Waals surface area contributed by atoms with E-state index in [0.717, 1.165) is 37.1 Å². The molecule has 0 aliphatic carbocycles. The van der Waals surface area contributed by atoms with Gasteiger partial charge in [-0.05, 0) is 25.0 Å². The molecule has 1 aliphatic rings. The number of hydrogen-bond donors (Lipinski definition) is 1. The summed E-state index contributed by atoms with van der Waals surface area (Å²) < 4.78 is 5.22. The predicted molar refractivity (Wildman–Crippen MR) is 95.2 cm³/mol. The second-order valence-electron chi connectivity index (χ2n) is 6.39. The number of nitrogens with one attached hydrogen (secondary N) is 1. The number of anilines is 1. The van der Waals surface area contributed by atoms with E-state index in [2.05, 4.69) is 19.2 Å². The molecule has 1 atom stereocenters. The second kappa shape index (κ2) is 8.71. The van der Waals surface area contributed by atoms with Crippen molar-refractivity contribution in [1.82, 2.24) is 5.32 Å². The lowest BCUT2D eigenvalue weighted by molar-refractivity contribution is -0.126. The van der Waals surface area contributed by atoms with Gasteiger partial charge >= 0.3 is 0 Å². The van der Waals surface area contributed by atoms with Crippen LogP contribution in [0.2, 0.25) is 0 Å². The Balaban J connectivity index is 1.99. The molecule has 1 fully saturated rings. The average Bonchev–Trinajstić information content (AvgIpc) is 2.95. The van der Waals surface area contributed by atoms with Gasteiger partial charge in [-0.1, -0.05) is 32.8 Å². The van der Waals surface area contributed by atoms with Crippen LogP contribution in [0.1, 0.15) is 46.0 Å². The maximum absolute atomic E-state index is 12.5. The number of rotatable bonds is 8. The molecule has 24 heavy (non-hydrogen) atoms. The number of benzene rings is 1. The summed E-state index contributed by atoms with van der Waals surface area (Å²) in [5, 5.41) is 3.07. The van der Waals surface area contributed by atoms with Crippen molar-refractivity contribution >= 4 is 17.5 Å². The molecule has 0 bridgehead atoms. The topological polar surface area (TPSA) is 58.6 Å². The van der Waals surface area contributed by atoms with Crippen LogP contribution in [-0.4, -0.2) is 31.5 Å². The van der Waals surface area contributed by atoms with Crippen LogP contribution in [0.3, 0.4) is 0 Å². The number of methoxy groups -OCH3 is 1. The number of carbonyl (C=O) groups excluding carboxylic acids is 2. The minimum Gasteiger partial charge on any atom is -0.497 e. The normalized spacial score (nSPS) is 17.4. The number of hydrogen-bond acceptors (Lipinski definition) is 3. The molecule has 0 unspecified atom stereocenters. The van der Waals surface area contributed by atoms with Gasteiger partial charge in [-0.25, -0.2) is 0 Å². The number of amides is 2. The van der Waals surface area contributed by atoms with Gasteiger partial charge in [-0.2, -0.15) is 0 Å². The average molecular weight is 332 g/mol. The third-order valence-corrected chi connectivity index (χ3v) is 4.48. The lowest BCUT2D eigenvalue weighted by Gasteiger charge is -2.20. The summed E-state index contributed by atoms with van der Waals surface area (Å²) in [6.45, 7) is 4.71. The fourth-order valence-electron chi connectivity index (χ4n) is 3.25. The zero-order valence-corrected chi connectivity index (χ0v) is 14.9. The molecule has 0 saturated carbocycles. The molecular formula is C19H28N2O3. The molecule has 1 aromatic carbocycles. The van der Waals surface area contributed by atoms with Crippen LogP contribution in [0.25, 0.3) is 0 Å². The minimum absolute atomic E-state index is 0.0380. The first kappa shape index (κ1) is 18.3. The lowest BCUT2D eigenvalue weighted by Crippen LogP contribution is -2.40. The Morgan fingerprint density at radius 1 is 1.33 bits per heavy atom. The highest BCUT2D eigenvalue weighted by atomic mass is 16.5. The van der Waals surface area contributed by atoms with Crippen LogP contribution < -0.4 is 15.0 Å². The Kier molecular flexibility index (Phi) is 6.64. The van der Waals surface area contributed by atoms with Gasteiger partial charge in [-0.15, -0.1) is 0 Å². The van der Waals surface area contributed by atoms with Crippen LogP contribution in [0.15, 0.2) is 24.3 Å². The van der Waals surface area contributed by atoms with Gasteiger partial charge in [-0.3, -0.25) is 9.59 Å². The molecule has 0 radical (unpaired) electrons. The molecule has 5 heteroatoms. The highest BCUT2D eigenvalue weighted by Crippen LogP contribution is 2.25. The quantitative estimate of drug-likeness (QED) is 0.795. The molecular weight excluding hydrogens is 304 g/mol. The predicted octanol–water partition coefficient (Wildman–Crippen LogP) is 3.13. The van der Waals surface area contributed by atoms with Crippen LogP contribution in [0, 0.1) is 5.92 Å². The Morgan fingerprint density at radius 3 is 2.67 bits per heavy atom. The van der Waals surface area contributed by atoms with Crippen molar-refractivity contribution in [3.05, 3.63) is 24.3 Å². The first-order chi connectivity index (χ1) is 11.6. The van der Waals surface area contributed by atoms with Gasteiger partial charge < -0.3 is 15.0 Å². The fourth-order valence-corrected chi connectivity index (χ4v) is 3.25. The second-order valence-corrected chi connectivity index (χ2v) is 6.39. The standard InChI is InChI=1S/C19H28N2O3/c1-4-7-14(8-5-2)19(23)20-15-11-18(22)21(13-15)16-9-6-10-17(12-16)24-3/h6,9-10,12,14-15H,4-5,7-8,11,13H2,1-3H3,(H,20,23)/t15-/m1/s1. The number of carbonyl (C=O) groups is 2. The Hall–Kier alpha value is -2.04. The van der Waals surface area contributed by atoms with Gasteiger partial charge in [0.05, 0.1) is 13.2 Å². The summed E-state index contributed by atoms with van der Waals surface area (Å²) in [6.07, 6.45) is 4.16. The highest BCUT2D eigenvalue weighted by Gasteiger charge is 2.32. The van der Waals surface area contributed by atoms with E-state index in [-0.39, 0.29) is 23.8 Å².